The molecule has 1 aromatic carbocycles. The fourth-order valence-electron chi connectivity index (χ4n) is 2.78. The second kappa shape index (κ2) is 4.30. The summed E-state index contributed by atoms with van der Waals surface area (Å²) in [5, 5.41) is 0. The van der Waals surface area contributed by atoms with Gasteiger partial charge in [0, 0.05) is 18.7 Å². The van der Waals surface area contributed by atoms with E-state index in [0.717, 1.165) is 12.8 Å². The van der Waals surface area contributed by atoms with E-state index in [-0.39, 0.29) is 0 Å². The van der Waals surface area contributed by atoms with Crippen molar-refractivity contribution in [2.75, 3.05) is 0 Å². The molecule has 86 valence electrons. The fourth-order valence-corrected chi connectivity index (χ4v) is 2.78. The summed E-state index contributed by atoms with van der Waals surface area (Å²) in [4.78, 5) is 4.55. The van der Waals surface area contributed by atoms with Gasteiger partial charge in [-0.3, -0.25) is 4.98 Å². The lowest BCUT2D eigenvalue weighted by molar-refractivity contribution is 0.759. The van der Waals surface area contributed by atoms with E-state index in [0.29, 0.717) is 12.5 Å². The third-order valence-electron chi connectivity index (χ3n) is 3.61. The Kier molecular flexibility index (Phi) is 2.65. The van der Waals surface area contributed by atoms with Gasteiger partial charge >= 0.3 is 0 Å². The molecule has 17 heavy (non-hydrogen) atoms. The predicted molar refractivity (Wildman–Crippen MR) is 68.7 cm³/mol. The van der Waals surface area contributed by atoms with Crippen molar-refractivity contribution in [3.05, 3.63) is 65.0 Å². The highest BCUT2D eigenvalue weighted by atomic mass is 14.7. The van der Waals surface area contributed by atoms with Gasteiger partial charge in [-0.1, -0.05) is 30.3 Å². The molecule has 2 N–H and O–H groups in total. The van der Waals surface area contributed by atoms with Crippen LogP contribution in [0.3, 0.4) is 0 Å². The zero-order valence-corrected chi connectivity index (χ0v) is 9.76. The molecule has 0 amide bonds. The number of aryl methyl sites for hydroxylation is 1. The Hall–Kier alpha value is -1.67. The van der Waals surface area contributed by atoms with E-state index >= 15 is 0 Å². The van der Waals surface area contributed by atoms with E-state index in [4.69, 9.17) is 5.73 Å². The Morgan fingerprint density at radius 2 is 2.06 bits per heavy atom. The molecule has 2 nitrogen and oxygen atoms in total. The molecular formula is C15H16N2. The highest BCUT2D eigenvalue weighted by Gasteiger charge is 2.26. The second-order valence-electron chi connectivity index (χ2n) is 4.54. The summed E-state index contributed by atoms with van der Waals surface area (Å²) in [5.74, 6) is 0.436. The first-order chi connectivity index (χ1) is 8.40. The number of aromatic nitrogens is 1. The molecule has 1 aliphatic rings. The normalized spacial score (nSPS) is 18.1. The average molecular weight is 224 g/mol. The minimum absolute atomic E-state index is 0.436. The zero-order valence-electron chi connectivity index (χ0n) is 9.76. The van der Waals surface area contributed by atoms with Gasteiger partial charge in [-0.15, -0.1) is 0 Å². The maximum Gasteiger partial charge on any atom is 0.0510 e. The average Bonchev–Trinajstić information content (AvgIpc) is 2.82. The lowest BCUT2D eigenvalue weighted by atomic mass is 9.92. The minimum atomic E-state index is 0.436. The number of pyridine rings is 1. The molecule has 3 rings (SSSR count). The summed E-state index contributed by atoms with van der Waals surface area (Å²) in [5.41, 5.74) is 11.1. The molecule has 1 unspecified atom stereocenters. The molecule has 1 aromatic heterocycles. The van der Waals surface area contributed by atoms with Gasteiger partial charge in [0.2, 0.25) is 0 Å². The van der Waals surface area contributed by atoms with Crippen molar-refractivity contribution in [1.82, 2.24) is 4.98 Å². The van der Waals surface area contributed by atoms with Gasteiger partial charge in [-0.25, -0.2) is 0 Å². The topological polar surface area (TPSA) is 38.9 Å². The van der Waals surface area contributed by atoms with Gasteiger partial charge in [0.05, 0.1) is 5.69 Å². The molecule has 1 aliphatic carbocycles. The number of nitrogens with zero attached hydrogens (tertiary/aromatic N) is 1. The molecule has 0 saturated carbocycles. The molecule has 0 bridgehead atoms. The first-order valence-corrected chi connectivity index (χ1v) is 6.12. The molecule has 2 heteroatoms. The Morgan fingerprint density at radius 1 is 1.18 bits per heavy atom. The highest BCUT2D eigenvalue weighted by molar-refractivity contribution is 5.41. The van der Waals surface area contributed by atoms with Crippen molar-refractivity contribution in [2.45, 2.75) is 25.3 Å². The van der Waals surface area contributed by atoms with Crippen LogP contribution in [0.15, 0.2) is 42.6 Å². The summed E-state index contributed by atoms with van der Waals surface area (Å²) < 4.78 is 0. The van der Waals surface area contributed by atoms with Crippen molar-refractivity contribution in [3.8, 4) is 0 Å². The maximum atomic E-state index is 5.82. The van der Waals surface area contributed by atoms with Crippen LogP contribution in [-0.4, -0.2) is 4.98 Å². The monoisotopic (exact) mass is 224 g/mol. The van der Waals surface area contributed by atoms with Gasteiger partial charge in [0.1, 0.15) is 0 Å². The number of rotatable bonds is 2. The molecule has 0 spiro atoms. The Bertz CT molecular complexity index is 534. The van der Waals surface area contributed by atoms with Crippen molar-refractivity contribution in [2.24, 2.45) is 5.73 Å². The lowest BCUT2D eigenvalue weighted by Gasteiger charge is -2.15. The van der Waals surface area contributed by atoms with Crippen LogP contribution in [0, 0.1) is 0 Å². The summed E-state index contributed by atoms with van der Waals surface area (Å²) in [6.45, 7) is 0.606. The van der Waals surface area contributed by atoms with Crippen LogP contribution in [0.25, 0.3) is 0 Å². The Morgan fingerprint density at radius 3 is 2.94 bits per heavy atom. The molecular weight excluding hydrogens is 208 g/mol. The Labute approximate surface area is 102 Å². The number of benzene rings is 1. The lowest BCUT2D eigenvalue weighted by Crippen LogP contribution is -2.06. The van der Waals surface area contributed by atoms with Crippen LogP contribution < -0.4 is 5.73 Å². The molecule has 1 heterocycles. The van der Waals surface area contributed by atoms with Crippen LogP contribution in [0.1, 0.15) is 34.7 Å². The van der Waals surface area contributed by atoms with E-state index in [1.54, 1.807) is 0 Å². The zero-order chi connectivity index (χ0) is 11.7. The number of hydrogen-bond acceptors (Lipinski definition) is 2. The number of fused-ring (bicyclic) bond motifs is 1. The number of nitrogens with two attached hydrogens (primary N) is 1. The molecule has 1 atom stereocenters. The van der Waals surface area contributed by atoms with Gasteiger partial charge in [0.25, 0.3) is 0 Å². The van der Waals surface area contributed by atoms with Gasteiger partial charge in [-0.05, 0) is 35.6 Å². The largest absolute Gasteiger partial charge is 0.326 e. The molecule has 0 saturated heterocycles. The molecule has 0 fully saturated rings. The van der Waals surface area contributed by atoms with Crippen molar-refractivity contribution >= 4 is 0 Å². The van der Waals surface area contributed by atoms with Gasteiger partial charge < -0.3 is 5.73 Å². The predicted octanol–water partition coefficient (Wildman–Crippen LogP) is 2.62. The first kappa shape index (κ1) is 10.5. The number of hydrogen-bond donors (Lipinski definition) is 1. The highest BCUT2D eigenvalue weighted by Crippen LogP contribution is 2.37. The third kappa shape index (κ3) is 1.75. The van der Waals surface area contributed by atoms with Gasteiger partial charge in [-0.2, -0.15) is 0 Å². The van der Waals surface area contributed by atoms with E-state index in [1.807, 2.05) is 12.3 Å². The van der Waals surface area contributed by atoms with E-state index in [1.165, 1.54) is 22.4 Å². The van der Waals surface area contributed by atoms with E-state index in [2.05, 4.69) is 35.3 Å². The van der Waals surface area contributed by atoms with E-state index < -0.39 is 0 Å². The minimum Gasteiger partial charge on any atom is -0.326 e. The maximum absolute atomic E-state index is 5.82. The molecule has 2 aromatic rings. The van der Waals surface area contributed by atoms with Crippen molar-refractivity contribution in [1.29, 1.82) is 0 Å². The van der Waals surface area contributed by atoms with Crippen molar-refractivity contribution < 1.29 is 0 Å². The van der Waals surface area contributed by atoms with E-state index in [9.17, 15) is 0 Å². The quantitative estimate of drug-likeness (QED) is 0.851. The van der Waals surface area contributed by atoms with Gasteiger partial charge in [0.15, 0.2) is 0 Å². The summed E-state index contributed by atoms with van der Waals surface area (Å²) in [7, 11) is 0. The molecule has 0 radical (unpaired) electrons. The summed E-state index contributed by atoms with van der Waals surface area (Å²) in [6, 6.07) is 12.7. The second-order valence-corrected chi connectivity index (χ2v) is 4.54. The van der Waals surface area contributed by atoms with Crippen LogP contribution in [0.5, 0.6) is 0 Å². The van der Waals surface area contributed by atoms with Crippen LogP contribution in [0.2, 0.25) is 0 Å². The standard InChI is InChI=1S/C15H16N2/c16-10-12-4-1-2-6-13(12)14-8-7-11-5-3-9-17-15(11)14/h1-6,9,14H,7-8,10,16H2. The smallest absolute Gasteiger partial charge is 0.0510 e. The first-order valence-electron chi connectivity index (χ1n) is 6.12. The summed E-state index contributed by atoms with van der Waals surface area (Å²) >= 11 is 0. The fraction of sp³-hybridized carbons (Fsp3) is 0.267. The third-order valence-corrected chi connectivity index (χ3v) is 3.61. The Balaban J connectivity index is 2.07. The summed E-state index contributed by atoms with van der Waals surface area (Å²) in [6.07, 6.45) is 4.18. The van der Waals surface area contributed by atoms with Crippen LogP contribution in [0.4, 0.5) is 0 Å². The SMILES string of the molecule is NCc1ccccc1C1CCc2cccnc21. The van der Waals surface area contributed by atoms with Crippen LogP contribution >= 0.6 is 0 Å². The molecule has 0 aliphatic heterocycles. The van der Waals surface area contributed by atoms with Crippen LogP contribution in [-0.2, 0) is 13.0 Å². The van der Waals surface area contributed by atoms with Crippen molar-refractivity contribution in [3.63, 3.8) is 0 Å².